The highest BCUT2D eigenvalue weighted by molar-refractivity contribution is 6.84. The van der Waals surface area contributed by atoms with Gasteiger partial charge >= 0.3 is 0 Å². The van der Waals surface area contributed by atoms with Crippen molar-refractivity contribution in [3.05, 3.63) is 0 Å². The lowest BCUT2D eigenvalue weighted by atomic mass is 10.4. The van der Waals surface area contributed by atoms with E-state index in [2.05, 4.69) is 49.3 Å². The smallest absolute Gasteiger partial charge is 0.175 e. The van der Waals surface area contributed by atoms with Gasteiger partial charge in [-0.2, -0.15) is 0 Å². The quantitative estimate of drug-likeness (QED) is 0.619. The summed E-state index contributed by atoms with van der Waals surface area (Å²) in [6.45, 7) is 14.3. The molecule has 1 fully saturated rings. The Kier molecular flexibility index (Phi) is 3.14. The predicted molar refractivity (Wildman–Crippen MR) is 60.0 cm³/mol. The summed E-state index contributed by atoms with van der Waals surface area (Å²) in [5.74, 6) is 0. The molecule has 12 heavy (non-hydrogen) atoms. The largest absolute Gasteiger partial charge is 0.325 e. The Morgan fingerprint density at radius 2 is 1.00 bits per heavy atom. The summed E-state index contributed by atoms with van der Waals surface area (Å²) >= 11 is 0. The standard InChI is InChI=1S/C8H22N2Si2/c1-7(2)9-11(5)10(8(3)4)12(9)6/h7-8,11-12H,1-6H3. The highest BCUT2D eigenvalue weighted by Gasteiger charge is 2.44. The van der Waals surface area contributed by atoms with Gasteiger partial charge in [0.1, 0.15) is 0 Å². The van der Waals surface area contributed by atoms with E-state index in [0.29, 0.717) is 0 Å². The zero-order valence-electron chi connectivity index (χ0n) is 9.20. The Balaban J connectivity index is 2.56. The number of hydrogen-bond donors (Lipinski definition) is 0. The monoisotopic (exact) mass is 202 g/mol. The maximum Gasteiger partial charge on any atom is 0.175 e. The van der Waals surface area contributed by atoms with E-state index in [9.17, 15) is 0 Å². The van der Waals surface area contributed by atoms with Gasteiger partial charge in [-0.25, -0.2) is 0 Å². The molecule has 1 saturated heterocycles. The molecule has 0 aliphatic carbocycles. The summed E-state index contributed by atoms with van der Waals surface area (Å²) < 4.78 is 5.64. The molecule has 1 heterocycles. The van der Waals surface area contributed by atoms with Gasteiger partial charge in [0.2, 0.25) is 0 Å². The van der Waals surface area contributed by atoms with Crippen LogP contribution < -0.4 is 0 Å². The zero-order chi connectivity index (χ0) is 9.46. The molecule has 4 heteroatoms. The second-order valence-electron chi connectivity index (χ2n) is 4.35. The number of hydrogen-bond acceptors (Lipinski definition) is 2. The van der Waals surface area contributed by atoms with E-state index >= 15 is 0 Å². The first-order chi connectivity index (χ1) is 5.46. The second kappa shape index (κ2) is 3.61. The van der Waals surface area contributed by atoms with Gasteiger partial charge in [0.15, 0.2) is 18.2 Å². The minimum Gasteiger partial charge on any atom is -0.325 e. The van der Waals surface area contributed by atoms with E-state index in [1.54, 1.807) is 0 Å². The molecule has 0 amide bonds. The molecule has 2 nitrogen and oxygen atoms in total. The summed E-state index contributed by atoms with van der Waals surface area (Å²) in [6, 6.07) is 1.59. The third-order valence-electron chi connectivity index (χ3n) is 2.92. The first-order valence-corrected chi connectivity index (χ1v) is 9.39. The topological polar surface area (TPSA) is 6.48 Å². The molecule has 1 aliphatic rings. The fourth-order valence-corrected chi connectivity index (χ4v) is 12.5. The van der Waals surface area contributed by atoms with E-state index < -0.39 is 18.2 Å². The van der Waals surface area contributed by atoms with Crippen molar-refractivity contribution < 1.29 is 0 Å². The molecule has 0 radical (unpaired) electrons. The van der Waals surface area contributed by atoms with Gasteiger partial charge in [0.25, 0.3) is 0 Å². The Morgan fingerprint density at radius 3 is 1.17 bits per heavy atom. The molecule has 0 atom stereocenters. The van der Waals surface area contributed by atoms with Gasteiger partial charge in [-0.05, 0) is 25.2 Å². The lowest BCUT2D eigenvalue weighted by Crippen LogP contribution is -2.78. The van der Waals surface area contributed by atoms with E-state index in [1.165, 1.54) is 0 Å². The van der Waals surface area contributed by atoms with Crippen LogP contribution in [0.2, 0.25) is 13.1 Å². The van der Waals surface area contributed by atoms with E-state index in [0.717, 1.165) is 12.1 Å². The lowest BCUT2D eigenvalue weighted by molar-refractivity contribution is 0.350. The summed E-state index contributed by atoms with van der Waals surface area (Å²) in [5, 5.41) is 0. The zero-order valence-corrected chi connectivity index (χ0v) is 11.5. The average Bonchev–Trinajstić information content (AvgIpc) is 1.84. The van der Waals surface area contributed by atoms with Crippen LogP contribution in [-0.4, -0.2) is 38.8 Å². The maximum atomic E-state index is 2.82. The molecule has 0 aromatic carbocycles. The van der Waals surface area contributed by atoms with Crippen LogP contribution in [0.15, 0.2) is 0 Å². The van der Waals surface area contributed by atoms with Crippen molar-refractivity contribution in [2.45, 2.75) is 52.9 Å². The average molecular weight is 202 g/mol. The lowest BCUT2D eigenvalue weighted by Gasteiger charge is -2.58. The van der Waals surface area contributed by atoms with E-state index in [-0.39, 0.29) is 0 Å². The van der Waals surface area contributed by atoms with Crippen LogP contribution in [0.5, 0.6) is 0 Å². The van der Waals surface area contributed by atoms with Crippen LogP contribution in [-0.2, 0) is 0 Å². The molecule has 0 aromatic heterocycles. The van der Waals surface area contributed by atoms with Crippen LogP contribution in [0.25, 0.3) is 0 Å². The van der Waals surface area contributed by atoms with Crippen LogP contribution in [0.1, 0.15) is 27.7 Å². The molecule has 1 aliphatic heterocycles. The van der Waals surface area contributed by atoms with Crippen molar-refractivity contribution in [3.63, 3.8) is 0 Å². The molecule has 0 aromatic rings. The molecule has 1 rings (SSSR count). The third kappa shape index (κ3) is 1.53. The maximum absolute atomic E-state index is 2.82. The summed E-state index contributed by atoms with van der Waals surface area (Å²) in [6.07, 6.45) is 0. The first-order valence-electron chi connectivity index (χ1n) is 5.01. The molecule has 0 N–H and O–H groups in total. The Hall–Kier alpha value is 0.354. The van der Waals surface area contributed by atoms with Crippen molar-refractivity contribution in [2.24, 2.45) is 0 Å². The van der Waals surface area contributed by atoms with E-state index in [1.807, 2.05) is 0 Å². The molecule has 0 bridgehead atoms. The summed E-state index contributed by atoms with van der Waals surface area (Å²) in [5.41, 5.74) is 0. The second-order valence-corrected chi connectivity index (χ2v) is 10.5. The molecule has 72 valence electrons. The SMILES string of the molecule is CC(C)N1[SiH](C)N(C(C)C)[SiH]1C. The van der Waals surface area contributed by atoms with Gasteiger partial charge in [0.05, 0.1) is 0 Å². The van der Waals surface area contributed by atoms with Gasteiger partial charge in [0, 0.05) is 0 Å². The van der Waals surface area contributed by atoms with Gasteiger partial charge in [-0.3, -0.25) is 0 Å². The van der Waals surface area contributed by atoms with Crippen LogP contribution in [0.4, 0.5) is 0 Å². The number of nitrogens with zero attached hydrogens (tertiary/aromatic N) is 2. The molecule has 0 spiro atoms. The Labute approximate surface area is 80.1 Å². The van der Waals surface area contributed by atoms with Crippen molar-refractivity contribution in [1.29, 1.82) is 0 Å². The minimum atomic E-state index is -0.644. The first kappa shape index (κ1) is 10.4. The highest BCUT2D eigenvalue weighted by atomic mass is 28.4. The van der Waals surface area contributed by atoms with Crippen LogP contribution in [0, 0.1) is 0 Å². The van der Waals surface area contributed by atoms with Crippen molar-refractivity contribution in [2.75, 3.05) is 0 Å². The fraction of sp³-hybridized carbons (Fsp3) is 1.00. The normalized spacial score (nSPS) is 33.0. The third-order valence-corrected chi connectivity index (χ3v) is 13.9. The summed E-state index contributed by atoms with van der Waals surface area (Å²) in [4.78, 5) is 0. The number of rotatable bonds is 2. The van der Waals surface area contributed by atoms with Crippen molar-refractivity contribution >= 4 is 18.2 Å². The fourth-order valence-electron chi connectivity index (χ4n) is 2.59. The van der Waals surface area contributed by atoms with Crippen molar-refractivity contribution in [1.82, 2.24) is 8.46 Å². The summed E-state index contributed by atoms with van der Waals surface area (Å²) in [7, 11) is -1.29. The van der Waals surface area contributed by atoms with Crippen molar-refractivity contribution in [3.8, 4) is 0 Å². The predicted octanol–water partition coefficient (Wildman–Crippen LogP) is 1.12. The highest BCUT2D eigenvalue weighted by Crippen LogP contribution is 2.24. The molecule has 0 unspecified atom stereocenters. The molecule has 0 saturated carbocycles. The molecular formula is C8H22N2Si2. The van der Waals surface area contributed by atoms with E-state index in [4.69, 9.17) is 0 Å². The van der Waals surface area contributed by atoms with Crippen LogP contribution in [0.3, 0.4) is 0 Å². The molecular weight excluding hydrogens is 180 g/mol. The minimum absolute atomic E-state index is 0.644. The van der Waals surface area contributed by atoms with Crippen LogP contribution >= 0.6 is 0 Å². The van der Waals surface area contributed by atoms with Gasteiger partial charge in [-0.1, -0.05) is 27.7 Å². The van der Waals surface area contributed by atoms with Gasteiger partial charge in [-0.15, -0.1) is 0 Å². The van der Waals surface area contributed by atoms with Gasteiger partial charge < -0.3 is 8.46 Å². The Morgan fingerprint density at radius 1 is 0.750 bits per heavy atom. The Bertz CT molecular complexity index is 135.